The number of aliphatic carboxylic acids is 2. The van der Waals surface area contributed by atoms with E-state index in [1.807, 2.05) is 36.4 Å². The lowest BCUT2D eigenvalue weighted by molar-refractivity contribution is -0.134. The number of nitrogens with one attached hydrogen (secondary N) is 1. The van der Waals surface area contributed by atoms with E-state index in [2.05, 4.69) is 24.1 Å². The number of amides is 2. The van der Waals surface area contributed by atoms with Crippen molar-refractivity contribution in [2.24, 2.45) is 0 Å². The molecule has 3 N–H and O–H groups in total. The van der Waals surface area contributed by atoms with Crippen LogP contribution in [-0.4, -0.2) is 91.5 Å². The Balaban J connectivity index is 0. The van der Waals surface area contributed by atoms with Crippen molar-refractivity contribution in [1.82, 2.24) is 15.1 Å². The zero-order valence-corrected chi connectivity index (χ0v) is 18.8. The maximum Gasteiger partial charge on any atom is 0.328 e. The summed E-state index contributed by atoms with van der Waals surface area (Å²) in [6, 6.07) is 11.7. The number of hydrogen-bond donors (Lipinski definition) is 3. The minimum atomic E-state index is -2.22. The summed E-state index contributed by atoms with van der Waals surface area (Å²) < 4.78 is 20.6. The monoisotopic (exact) mass is 457 g/mol. The van der Waals surface area contributed by atoms with Crippen molar-refractivity contribution in [1.29, 1.82) is 0 Å². The van der Waals surface area contributed by atoms with Gasteiger partial charge < -0.3 is 25.3 Å². The highest BCUT2D eigenvalue weighted by molar-refractivity contribution is 7.71. The van der Waals surface area contributed by atoms with Crippen molar-refractivity contribution in [2.75, 3.05) is 39.8 Å². The molecular formula is C20H31N3O7S. The maximum atomic E-state index is 11.5. The van der Waals surface area contributed by atoms with Crippen molar-refractivity contribution in [3.63, 3.8) is 0 Å². The Labute approximate surface area is 184 Å². The highest BCUT2D eigenvalue weighted by Gasteiger charge is 2.06. The summed E-state index contributed by atoms with van der Waals surface area (Å²) in [4.78, 5) is 34.1. The molecule has 1 rings (SSSR count). The van der Waals surface area contributed by atoms with Gasteiger partial charge in [-0.3, -0.25) is 0 Å². The predicted octanol–water partition coefficient (Wildman–Crippen LogP) is 1.05. The molecule has 1 aromatic carbocycles. The number of urea groups is 1. The van der Waals surface area contributed by atoms with Gasteiger partial charge >= 0.3 is 18.0 Å². The molecule has 0 aliphatic rings. The average molecular weight is 458 g/mol. The highest BCUT2D eigenvalue weighted by atomic mass is 32.2. The van der Waals surface area contributed by atoms with Gasteiger partial charge in [-0.05, 0) is 13.1 Å². The van der Waals surface area contributed by atoms with Gasteiger partial charge in [0.05, 0.1) is 11.9 Å². The summed E-state index contributed by atoms with van der Waals surface area (Å²) >= 11 is 0. The van der Waals surface area contributed by atoms with E-state index in [4.69, 9.17) is 10.2 Å². The molecule has 0 fully saturated rings. The van der Waals surface area contributed by atoms with Gasteiger partial charge in [0, 0.05) is 32.3 Å². The van der Waals surface area contributed by atoms with E-state index < -0.39 is 22.2 Å². The Morgan fingerprint density at radius 2 is 1.32 bits per heavy atom. The third-order valence-electron chi connectivity index (χ3n) is 3.47. The summed E-state index contributed by atoms with van der Waals surface area (Å²) in [6.45, 7) is 7.48. The molecule has 0 atom stereocenters. The quantitative estimate of drug-likeness (QED) is 0.369. The zero-order chi connectivity index (χ0) is 24.1. The second kappa shape index (κ2) is 20.1. The van der Waals surface area contributed by atoms with Crippen LogP contribution >= 0.6 is 0 Å². The van der Waals surface area contributed by atoms with Gasteiger partial charge in [-0.15, -0.1) is 0 Å². The van der Waals surface area contributed by atoms with Crippen LogP contribution in [0.25, 0.3) is 0 Å². The lowest BCUT2D eigenvalue weighted by Gasteiger charge is -2.20. The predicted molar refractivity (Wildman–Crippen MR) is 120 cm³/mol. The van der Waals surface area contributed by atoms with Crippen molar-refractivity contribution in [3.05, 3.63) is 48.6 Å². The summed E-state index contributed by atoms with van der Waals surface area (Å²) in [5.74, 6) is -2.51. The molecule has 10 nitrogen and oxygen atoms in total. The summed E-state index contributed by atoms with van der Waals surface area (Å²) in [5, 5.41) is 19.4. The molecule has 0 spiro atoms. The normalized spacial score (nSPS) is 9.55. The van der Waals surface area contributed by atoms with Crippen molar-refractivity contribution >= 4 is 33.6 Å². The number of carbonyl (C=O) groups is 3. The number of rotatable bonds is 9. The summed E-state index contributed by atoms with van der Waals surface area (Å²) in [6.07, 6.45) is 1.12. The first-order chi connectivity index (χ1) is 14.6. The van der Waals surface area contributed by atoms with Gasteiger partial charge in [-0.25, -0.2) is 14.4 Å². The van der Waals surface area contributed by atoms with E-state index in [1.54, 1.807) is 7.05 Å². The van der Waals surface area contributed by atoms with Gasteiger partial charge in [-0.2, -0.15) is 8.42 Å². The van der Waals surface area contributed by atoms with Crippen molar-refractivity contribution in [3.8, 4) is 0 Å². The number of nitrogens with zero attached hydrogens (tertiary/aromatic N) is 2. The molecule has 11 heteroatoms. The minimum Gasteiger partial charge on any atom is -0.478 e. The fourth-order valence-electron chi connectivity index (χ4n) is 1.78. The Kier molecular flexibility index (Phi) is 19.5. The first-order valence-corrected chi connectivity index (χ1v) is 10.5. The number of likely N-dealkylation sites (N-methyl/N-ethyl adjacent to an activating group) is 1. The Morgan fingerprint density at radius 3 is 1.65 bits per heavy atom. The van der Waals surface area contributed by atoms with Crippen LogP contribution in [0.5, 0.6) is 0 Å². The average Bonchev–Trinajstić information content (AvgIpc) is 2.75. The number of carboxylic acid groups (broad SMARTS) is 2. The maximum absolute atomic E-state index is 11.5. The van der Waals surface area contributed by atoms with E-state index in [9.17, 15) is 22.8 Å². The molecule has 0 saturated carbocycles. The SMILES string of the molecule is CCN(CC)CCNC(=O)N(C)CC=S(=O)=O.O=C(O)C=CC(=O)O.c1ccccc1. The largest absolute Gasteiger partial charge is 0.478 e. The molecule has 0 bridgehead atoms. The van der Waals surface area contributed by atoms with Crippen LogP contribution < -0.4 is 5.32 Å². The van der Waals surface area contributed by atoms with Gasteiger partial charge in [-0.1, -0.05) is 50.2 Å². The third kappa shape index (κ3) is 23.0. The molecule has 0 heterocycles. The van der Waals surface area contributed by atoms with Crippen LogP contribution in [-0.2, 0) is 19.9 Å². The minimum absolute atomic E-state index is 0.0905. The van der Waals surface area contributed by atoms with E-state index in [1.165, 1.54) is 4.90 Å². The molecule has 31 heavy (non-hydrogen) atoms. The Morgan fingerprint density at radius 1 is 0.903 bits per heavy atom. The van der Waals surface area contributed by atoms with Crippen LogP contribution in [0, 0.1) is 0 Å². The molecule has 1 aromatic rings. The summed E-state index contributed by atoms with van der Waals surface area (Å²) in [5.41, 5.74) is 0. The second-order valence-corrected chi connectivity index (χ2v) is 6.59. The fourth-order valence-corrected chi connectivity index (χ4v) is 2.12. The van der Waals surface area contributed by atoms with E-state index in [0.717, 1.165) is 25.0 Å². The van der Waals surface area contributed by atoms with E-state index in [0.29, 0.717) is 18.7 Å². The van der Waals surface area contributed by atoms with Crippen LogP contribution in [0.4, 0.5) is 4.79 Å². The highest BCUT2D eigenvalue weighted by Crippen LogP contribution is 1.86. The molecule has 0 radical (unpaired) electrons. The standard InChI is InChI=1S/C10H21N3O3S.C6H6.C4H4O4/c1-4-13(5-2)7-6-11-10(14)12(3)8-9-17(15)16;1-2-4-6-5-3-1;5-3(6)1-2-4(7)8/h9H,4-8H2,1-3H3,(H,11,14);1-6H;1-2H,(H,5,6)(H,7,8). The third-order valence-corrected chi connectivity index (χ3v) is 3.89. The van der Waals surface area contributed by atoms with Gasteiger partial charge in [0.2, 0.25) is 10.3 Å². The number of carbonyl (C=O) groups excluding carboxylic acids is 1. The van der Waals surface area contributed by atoms with Gasteiger partial charge in [0.1, 0.15) is 0 Å². The molecule has 0 aliphatic heterocycles. The van der Waals surface area contributed by atoms with Crippen LogP contribution in [0.1, 0.15) is 13.8 Å². The first-order valence-electron chi connectivity index (χ1n) is 9.40. The number of carboxylic acids is 2. The van der Waals surface area contributed by atoms with E-state index >= 15 is 0 Å². The lowest BCUT2D eigenvalue weighted by atomic mass is 10.4. The number of benzene rings is 1. The van der Waals surface area contributed by atoms with Gasteiger partial charge in [0.25, 0.3) is 0 Å². The fraction of sp³-hybridized carbons (Fsp3) is 0.400. The molecule has 0 aromatic heterocycles. The smallest absolute Gasteiger partial charge is 0.328 e. The topological polar surface area (TPSA) is 144 Å². The molecule has 0 aliphatic carbocycles. The summed E-state index contributed by atoms with van der Waals surface area (Å²) in [7, 11) is -0.672. The van der Waals surface area contributed by atoms with Crippen molar-refractivity contribution < 1.29 is 33.0 Å². The lowest BCUT2D eigenvalue weighted by Crippen LogP contribution is -2.42. The van der Waals surface area contributed by atoms with Crippen molar-refractivity contribution in [2.45, 2.75) is 13.8 Å². The second-order valence-electron chi connectivity index (χ2n) is 5.73. The van der Waals surface area contributed by atoms with Crippen LogP contribution in [0.15, 0.2) is 48.6 Å². The zero-order valence-electron chi connectivity index (χ0n) is 18.0. The van der Waals surface area contributed by atoms with Crippen LogP contribution in [0.3, 0.4) is 0 Å². The van der Waals surface area contributed by atoms with E-state index in [-0.39, 0.29) is 12.6 Å². The van der Waals surface area contributed by atoms with Crippen LogP contribution in [0.2, 0.25) is 0 Å². The van der Waals surface area contributed by atoms with Gasteiger partial charge in [0.15, 0.2) is 0 Å². The first kappa shape index (κ1) is 30.0. The Hall–Kier alpha value is -3.18. The Bertz CT molecular complexity index is 742. The molecule has 0 unspecified atom stereocenters. The molecule has 174 valence electrons. The molecular weight excluding hydrogens is 426 g/mol. The molecule has 2 amide bonds. The molecule has 0 saturated heterocycles. The number of hydrogen-bond acceptors (Lipinski definition) is 6.